The number of thioether (sulfide) groups is 1. The van der Waals surface area contributed by atoms with Gasteiger partial charge in [-0.3, -0.25) is 4.99 Å². The van der Waals surface area contributed by atoms with E-state index in [0.717, 1.165) is 12.5 Å². The summed E-state index contributed by atoms with van der Waals surface area (Å²) in [5, 5.41) is 4.90. The predicted molar refractivity (Wildman–Crippen MR) is 82.3 cm³/mol. The summed E-state index contributed by atoms with van der Waals surface area (Å²) in [6.45, 7) is 8.02. The van der Waals surface area contributed by atoms with E-state index in [-0.39, 0.29) is 0 Å². The molecule has 0 aromatic carbocycles. The Balaban J connectivity index is 1.86. The fraction of sp³-hybridized carbons (Fsp3) is 0.933. The Morgan fingerprint density at radius 2 is 2.11 bits per heavy atom. The van der Waals surface area contributed by atoms with Gasteiger partial charge in [0.15, 0.2) is 5.17 Å². The minimum atomic E-state index is 0.468. The molecule has 0 radical (unpaired) electrons. The lowest BCUT2D eigenvalue weighted by molar-refractivity contribution is 0.312. The first-order valence-corrected chi connectivity index (χ1v) is 8.60. The second-order valence-corrected chi connectivity index (χ2v) is 7.19. The molecule has 2 unspecified atom stereocenters. The molecule has 1 N–H and O–H groups in total. The Kier molecular flexibility index (Phi) is 4.99. The zero-order chi connectivity index (χ0) is 13.0. The molecule has 3 heteroatoms. The molecule has 0 amide bonds. The number of nitrogens with zero attached hydrogens (tertiary/aromatic N) is 1. The molecular formula is C15H28N2S. The van der Waals surface area contributed by atoms with E-state index in [4.69, 9.17) is 4.99 Å². The van der Waals surface area contributed by atoms with Crippen LogP contribution in [0.5, 0.6) is 0 Å². The van der Waals surface area contributed by atoms with Crippen LogP contribution in [0.4, 0.5) is 0 Å². The van der Waals surface area contributed by atoms with Gasteiger partial charge < -0.3 is 5.32 Å². The first-order chi connectivity index (χ1) is 8.67. The average Bonchev–Trinajstić information content (AvgIpc) is 2.40. The van der Waals surface area contributed by atoms with Gasteiger partial charge in [0.1, 0.15) is 0 Å². The van der Waals surface area contributed by atoms with Crippen LogP contribution in [0.15, 0.2) is 4.99 Å². The Bertz CT molecular complexity index is 297. The molecule has 1 aliphatic heterocycles. The van der Waals surface area contributed by atoms with Gasteiger partial charge in [0, 0.05) is 18.3 Å². The summed E-state index contributed by atoms with van der Waals surface area (Å²) in [5.74, 6) is 2.13. The molecule has 1 fully saturated rings. The normalized spacial score (nSPS) is 31.8. The van der Waals surface area contributed by atoms with Crippen molar-refractivity contribution < 1.29 is 0 Å². The van der Waals surface area contributed by atoms with Gasteiger partial charge in [0.05, 0.1) is 0 Å². The maximum Gasteiger partial charge on any atom is 0.156 e. The van der Waals surface area contributed by atoms with Crippen molar-refractivity contribution in [2.45, 2.75) is 65.3 Å². The fourth-order valence-electron chi connectivity index (χ4n) is 3.06. The second kappa shape index (κ2) is 6.31. The maximum atomic E-state index is 4.81. The molecule has 1 saturated carbocycles. The van der Waals surface area contributed by atoms with E-state index in [1.807, 2.05) is 11.8 Å². The smallest absolute Gasteiger partial charge is 0.156 e. The summed E-state index contributed by atoms with van der Waals surface area (Å²) in [6.07, 6.45) is 7.96. The number of rotatable bonds is 3. The quantitative estimate of drug-likeness (QED) is 0.834. The summed E-state index contributed by atoms with van der Waals surface area (Å²) in [5.41, 5.74) is 0.468. The zero-order valence-electron chi connectivity index (χ0n) is 12.2. The molecule has 0 aromatic heterocycles. The van der Waals surface area contributed by atoms with Gasteiger partial charge in [0.25, 0.3) is 0 Å². The standard InChI is InChI=1S/C15H28N2S/c1-4-15(5-2)10-16-14(18-11-15)17-13-8-6-7-12(3)9-13/h12-13H,4-11H2,1-3H3,(H,16,17). The highest BCUT2D eigenvalue weighted by atomic mass is 32.2. The summed E-state index contributed by atoms with van der Waals surface area (Å²) < 4.78 is 0. The van der Waals surface area contributed by atoms with Gasteiger partial charge >= 0.3 is 0 Å². The van der Waals surface area contributed by atoms with E-state index < -0.39 is 0 Å². The van der Waals surface area contributed by atoms with Gasteiger partial charge in [-0.2, -0.15) is 0 Å². The van der Waals surface area contributed by atoms with Crippen molar-refractivity contribution >= 4 is 16.9 Å². The highest BCUT2D eigenvalue weighted by Gasteiger charge is 2.31. The van der Waals surface area contributed by atoms with Crippen LogP contribution in [-0.4, -0.2) is 23.5 Å². The van der Waals surface area contributed by atoms with Crippen LogP contribution < -0.4 is 5.32 Å². The average molecular weight is 268 g/mol. The minimum absolute atomic E-state index is 0.468. The van der Waals surface area contributed by atoms with Crippen LogP contribution in [0, 0.1) is 11.3 Å². The topological polar surface area (TPSA) is 24.4 Å². The van der Waals surface area contributed by atoms with Crippen molar-refractivity contribution in [2.24, 2.45) is 16.3 Å². The molecule has 1 heterocycles. The summed E-state index contributed by atoms with van der Waals surface area (Å²) in [4.78, 5) is 4.81. The lowest BCUT2D eigenvalue weighted by atomic mass is 9.84. The number of aliphatic imine (C=N–C) groups is 1. The number of nitrogens with one attached hydrogen (secondary N) is 1. The van der Waals surface area contributed by atoms with Crippen LogP contribution in [0.25, 0.3) is 0 Å². The Morgan fingerprint density at radius 3 is 2.67 bits per heavy atom. The summed E-state index contributed by atoms with van der Waals surface area (Å²) in [6, 6.07) is 0.677. The Labute approximate surface area is 116 Å². The molecule has 0 bridgehead atoms. The van der Waals surface area contributed by atoms with Gasteiger partial charge in [-0.15, -0.1) is 0 Å². The molecule has 1 aliphatic carbocycles. The third kappa shape index (κ3) is 3.43. The van der Waals surface area contributed by atoms with E-state index >= 15 is 0 Å². The van der Waals surface area contributed by atoms with Gasteiger partial charge in [0.2, 0.25) is 0 Å². The SMILES string of the molecule is CCC1(CC)CN=C(NC2CCCC(C)C2)SC1. The van der Waals surface area contributed by atoms with Crippen LogP contribution in [0.3, 0.4) is 0 Å². The highest BCUT2D eigenvalue weighted by molar-refractivity contribution is 8.13. The molecule has 0 spiro atoms. The Morgan fingerprint density at radius 1 is 1.33 bits per heavy atom. The van der Waals surface area contributed by atoms with Crippen molar-refractivity contribution in [3.63, 3.8) is 0 Å². The predicted octanol–water partition coefficient (Wildman–Crippen LogP) is 4.06. The first kappa shape index (κ1) is 14.2. The van der Waals surface area contributed by atoms with E-state index in [2.05, 4.69) is 26.1 Å². The number of hydrogen-bond donors (Lipinski definition) is 1. The third-order valence-corrected chi connectivity index (χ3v) is 6.11. The van der Waals surface area contributed by atoms with E-state index in [0.29, 0.717) is 11.5 Å². The van der Waals surface area contributed by atoms with E-state index in [1.54, 1.807) is 0 Å². The minimum Gasteiger partial charge on any atom is -0.362 e. The van der Waals surface area contributed by atoms with Crippen molar-refractivity contribution in [1.29, 1.82) is 0 Å². The van der Waals surface area contributed by atoms with Crippen LogP contribution in [0.1, 0.15) is 59.3 Å². The lowest BCUT2D eigenvalue weighted by Crippen LogP contribution is -2.40. The number of hydrogen-bond acceptors (Lipinski definition) is 3. The maximum absolute atomic E-state index is 4.81. The van der Waals surface area contributed by atoms with Crippen molar-refractivity contribution in [2.75, 3.05) is 12.3 Å². The largest absolute Gasteiger partial charge is 0.362 e. The van der Waals surface area contributed by atoms with Gasteiger partial charge in [-0.1, -0.05) is 45.4 Å². The van der Waals surface area contributed by atoms with Crippen molar-refractivity contribution in [1.82, 2.24) is 5.32 Å². The van der Waals surface area contributed by atoms with Crippen molar-refractivity contribution in [3.05, 3.63) is 0 Å². The Hall–Kier alpha value is -0.180. The summed E-state index contributed by atoms with van der Waals surface area (Å²) >= 11 is 1.95. The van der Waals surface area contributed by atoms with E-state index in [9.17, 15) is 0 Å². The van der Waals surface area contributed by atoms with Gasteiger partial charge in [-0.05, 0) is 37.0 Å². The fourth-order valence-corrected chi connectivity index (χ4v) is 4.41. The number of amidine groups is 1. The zero-order valence-corrected chi connectivity index (χ0v) is 13.0. The first-order valence-electron chi connectivity index (χ1n) is 7.61. The lowest BCUT2D eigenvalue weighted by Gasteiger charge is -2.35. The third-order valence-electron chi connectivity index (χ3n) is 4.84. The van der Waals surface area contributed by atoms with Crippen LogP contribution in [0.2, 0.25) is 0 Å². The molecule has 2 atom stereocenters. The van der Waals surface area contributed by atoms with Crippen LogP contribution in [-0.2, 0) is 0 Å². The van der Waals surface area contributed by atoms with Crippen LogP contribution >= 0.6 is 11.8 Å². The molecule has 0 aromatic rings. The highest BCUT2D eigenvalue weighted by Crippen LogP contribution is 2.35. The van der Waals surface area contributed by atoms with Crippen molar-refractivity contribution in [3.8, 4) is 0 Å². The summed E-state index contributed by atoms with van der Waals surface area (Å²) in [7, 11) is 0. The molecule has 18 heavy (non-hydrogen) atoms. The second-order valence-electron chi connectivity index (χ2n) is 6.23. The molecule has 104 valence electrons. The molecule has 2 nitrogen and oxygen atoms in total. The monoisotopic (exact) mass is 268 g/mol. The van der Waals surface area contributed by atoms with E-state index in [1.165, 1.54) is 49.4 Å². The molecule has 2 aliphatic rings. The van der Waals surface area contributed by atoms with Gasteiger partial charge in [-0.25, -0.2) is 0 Å². The molecule has 0 saturated heterocycles. The molecule has 2 rings (SSSR count). The molecular weight excluding hydrogens is 240 g/mol.